The van der Waals surface area contributed by atoms with Crippen molar-refractivity contribution in [1.82, 2.24) is 19.7 Å². The van der Waals surface area contributed by atoms with Gasteiger partial charge in [0.15, 0.2) is 0 Å². The van der Waals surface area contributed by atoms with Crippen molar-refractivity contribution >= 4 is 11.4 Å². The number of carbonyl (C=O) groups excluding carboxylic acids is 1. The van der Waals surface area contributed by atoms with Gasteiger partial charge in [-0.15, -0.1) is 0 Å². The molecule has 1 saturated heterocycles. The van der Waals surface area contributed by atoms with Crippen molar-refractivity contribution in [2.24, 2.45) is 0 Å². The van der Waals surface area contributed by atoms with E-state index >= 15 is 0 Å². The third kappa shape index (κ3) is 2.95. The first-order chi connectivity index (χ1) is 12.7. The molecule has 7 nitrogen and oxygen atoms in total. The number of aliphatic hydroxyl groups excluding tert-OH is 1. The maximum atomic E-state index is 13.0. The molecule has 0 aliphatic carbocycles. The lowest BCUT2D eigenvalue weighted by Gasteiger charge is -2.36. The van der Waals surface area contributed by atoms with Crippen LogP contribution in [0.4, 0.5) is 0 Å². The van der Waals surface area contributed by atoms with Gasteiger partial charge >= 0.3 is 0 Å². The number of pyridine rings is 2. The number of fused-ring (bicyclic) bond motifs is 1. The van der Waals surface area contributed by atoms with E-state index in [0.717, 1.165) is 16.8 Å². The number of nitrogens with zero attached hydrogens (tertiary/aromatic N) is 3. The molecule has 4 heterocycles. The zero-order valence-electron chi connectivity index (χ0n) is 14.3. The molecule has 0 radical (unpaired) electrons. The van der Waals surface area contributed by atoms with Crippen LogP contribution in [0.1, 0.15) is 23.5 Å². The van der Waals surface area contributed by atoms with E-state index in [9.17, 15) is 9.90 Å². The number of amides is 1. The molecule has 1 amide bonds. The van der Waals surface area contributed by atoms with E-state index in [1.165, 1.54) is 0 Å². The van der Waals surface area contributed by atoms with Crippen LogP contribution in [0.5, 0.6) is 0 Å². The van der Waals surface area contributed by atoms with Crippen LogP contribution in [0.15, 0.2) is 48.9 Å². The largest absolute Gasteiger partial charge is 0.394 e. The van der Waals surface area contributed by atoms with E-state index in [0.29, 0.717) is 31.9 Å². The molecule has 1 fully saturated rings. The fourth-order valence-electron chi connectivity index (χ4n) is 3.30. The van der Waals surface area contributed by atoms with Crippen LogP contribution < -0.4 is 5.32 Å². The third-order valence-electron chi connectivity index (χ3n) is 4.84. The van der Waals surface area contributed by atoms with Gasteiger partial charge < -0.3 is 15.2 Å². The van der Waals surface area contributed by atoms with Crippen molar-refractivity contribution in [3.8, 4) is 11.3 Å². The molecule has 4 rings (SSSR count). The predicted molar refractivity (Wildman–Crippen MR) is 95.8 cm³/mol. The summed E-state index contributed by atoms with van der Waals surface area (Å²) in [7, 11) is 0. The van der Waals surface area contributed by atoms with Crippen LogP contribution in [0.25, 0.3) is 16.8 Å². The van der Waals surface area contributed by atoms with Gasteiger partial charge in [0.1, 0.15) is 0 Å². The summed E-state index contributed by atoms with van der Waals surface area (Å²) < 4.78 is 7.13. The molecule has 0 bridgehead atoms. The van der Waals surface area contributed by atoms with Crippen molar-refractivity contribution in [1.29, 1.82) is 0 Å². The summed E-state index contributed by atoms with van der Waals surface area (Å²) in [6.07, 6.45) is 6.38. The molecule has 2 N–H and O–H groups in total. The molecule has 0 aromatic carbocycles. The quantitative estimate of drug-likeness (QED) is 0.746. The third-order valence-corrected chi connectivity index (χ3v) is 4.84. The van der Waals surface area contributed by atoms with Crippen LogP contribution in [0.3, 0.4) is 0 Å². The summed E-state index contributed by atoms with van der Waals surface area (Å²) >= 11 is 0. The SMILES string of the molecule is O=C(NC1(CO)CCOCC1)c1nc(-c2ccncc2)c2ccccn12. The summed E-state index contributed by atoms with van der Waals surface area (Å²) in [4.78, 5) is 21.6. The first-order valence-corrected chi connectivity index (χ1v) is 8.61. The van der Waals surface area contributed by atoms with Crippen molar-refractivity contribution < 1.29 is 14.6 Å². The van der Waals surface area contributed by atoms with Crippen molar-refractivity contribution in [2.45, 2.75) is 18.4 Å². The first kappa shape index (κ1) is 16.7. The predicted octanol–water partition coefficient (Wildman–Crippen LogP) is 1.67. The van der Waals surface area contributed by atoms with Gasteiger partial charge in [-0.1, -0.05) is 6.07 Å². The van der Waals surface area contributed by atoms with E-state index in [4.69, 9.17) is 4.74 Å². The second kappa shape index (κ2) is 6.86. The van der Waals surface area contributed by atoms with Gasteiger partial charge in [0.2, 0.25) is 5.82 Å². The minimum Gasteiger partial charge on any atom is -0.394 e. The highest BCUT2D eigenvalue weighted by molar-refractivity contribution is 5.95. The molecule has 3 aromatic heterocycles. The molecule has 1 aliphatic rings. The van der Waals surface area contributed by atoms with Gasteiger partial charge in [-0.3, -0.25) is 14.2 Å². The number of aromatic nitrogens is 3. The van der Waals surface area contributed by atoms with E-state index in [1.54, 1.807) is 16.8 Å². The number of ether oxygens (including phenoxy) is 1. The summed E-state index contributed by atoms with van der Waals surface area (Å²) in [5, 5.41) is 12.8. The fraction of sp³-hybridized carbons (Fsp3) is 0.316. The van der Waals surface area contributed by atoms with Gasteiger partial charge in [0.05, 0.1) is 23.4 Å². The number of carbonyl (C=O) groups is 1. The Bertz CT molecular complexity index is 917. The molecular weight excluding hydrogens is 332 g/mol. The van der Waals surface area contributed by atoms with Crippen LogP contribution in [0.2, 0.25) is 0 Å². The van der Waals surface area contributed by atoms with Crippen LogP contribution in [0, 0.1) is 0 Å². The summed E-state index contributed by atoms with van der Waals surface area (Å²) in [6.45, 7) is 0.916. The standard InChI is InChI=1S/C19H20N4O3/c24-13-19(6-11-26-12-7-19)22-18(25)17-21-16(14-4-8-20-9-5-14)15-3-1-2-10-23(15)17/h1-5,8-10,24H,6-7,11-13H2,(H,22,25). The van der Waals surface area contributed by atoms with Crippen LogP contribution in [-0.4, -0.2) is 50.7 Å². The smallest absolute Gasteiger partial charge is 0.288 e. The summed E-state index contributed by atoms with van der Waals surface area (Å²) in [6, 6.07) is 9.43. The Morgan fingerprint density at radius 2 is 2.00 bits per heavy atom. The van der Waals surface area contributed by atoms with E-state index in [2.05, 4.69) is 15.3 Å². The van der Waals surface area contributed by atoms with E-state index in [-0.39, 0.29) is 12.5 Å². The van der Waals surface area contributed by atoms with E-state index in [1.807, 2.05) is 36.5 Å². The second-order valence-electron chi connectivity index (χ2n) is 6.48. The lowest BCUT2D eigenvalue weighted by Crippen LogP contribution is -2.54. The lowest BCUT2D eigenvalue weighted by molar-refractivity contribution is 0.0123. The second-order valence-corrected chi connectivity index (χ2v) is 6.48. The summed E-state index contributed by atoms with van der Waals surface area (Å²) in [5.41, 5.74) is 1.80. The number of hydrogen-bond acceptors (Lipinski definition) is 5. The normalized spacial score (nSPS) is 16.5. The van der Waals surface area contributed by atoms with Crippen LogP contribution in [-0.2, 0) is 4.74 Å². The molecule has 134 valence electrons. The number of hydrogen-bond donors (Lipinski definition) is 2. The average Bonchev–Trinajstić information content (AvgIpc) is 3.09. The highest BCUT2D eigenvalue weighted by atomic mass is 16.5. The van der Waals surface area contributed by atoms with Crippen molar-refractivity contribution in [3.05, 3.63) is 54.7 Å². The summed E-state index contributed by atoms with van der Waals surface area (Å²) in [5.74, 6) is -0.00538. The number of nitrogens with one attached hydrogen (secondary N) is 1. The minimum atomic E-state index is -0.660. The highest BCUT2D eigenvalue weighted by Crippen LogP contribution is 2.25. The average molecular weight is 352 g/mol. The molecule has 3 aromatic rings. The van der Waals surface area contributed by atoms with Gasteiger partial charge in [-0.25, -0.2) is 4.98 Å². The Balaban J connectivity index is 1.73. The van der Waals surface area contributed by atoms with Crippen molar-refractivity contribution in [3.63, 3.8) is 0 Å². The van der Waals surface area contributed by atoms with Gasteiger partial charge in [0.25, 0.3) is 5.91 Å². The Kier molecular flexibility index (Phi) is 4.40. The maximum absolute atomic E-state index is 13.0. The molecule has 1 aliphatic heterocycles. The number of rotatable bonds is 4. The topological polar surface area (TPSA) is 88.8 Å². The van der Waals surface area contributed by atoms with Crippen LogP contribution >= 0.6 is 0 Å². The molecule has 0 saturated carbocycles. The highest BCUT2D eigenvalue weighted by Gasteiger charge is 2.35. The van der Waals surface area contributed by atoms with Crippen molar-refractivity contribution in [2.75, 3.05) is 19.8 Å². The zero-order chi connectivity index (χ0) is 18.0. The van der Waals surface area contributed by atoms with Gasteiger partial charge in [-0.05, 0) is 37.1 Å². The zero-order valence-corrected chi connectivity index (χ0v) is 14.3. The van der Waals surface area contributed by atoms with E-state index < -0.39 is 5.54 Å². The number of imidazole rings is 1. The molecule has 0 unspecified atom stereocenters. The van der Waals surface area contributed by atoms with Gasteiger partial charge in [-0.2, -0.15) is 0 Å². The molecule has 0 spiro atoms. The number of aliphatic hydroxyl groups is 1. The minimum absolute atomic E-state index is 0.122. The lowest BCUT2D eigenvalue weighted by atomic mass is 9.91. The Morgan fingerprint density at radius 1 is 1.23 bits per heavy atom. The molecule has 7 heteroatoms. The first-order valence-electron chi connectivity index (χ1n) is 8.61. The molecule has 0 atom stereocenters. The Labute approximate surface area is 150 Å². The molecule has 26 heavy (non-hydrogen) atoms. The fourth-order valence-corrected chi connectivity index (χ4v) is 3.30. The van der Waals surface area contributed by atoms with Gasteiger partial charge in [0, 0.05) is 37.4 Å². The Hall–Kier alpha value is -2.77. The molecular formula is C19H20N4O3. The monoisotopic (exact) mass is 352 g/mol. The maximum Gasteiger partial charge on any atom is 0.288 e. The Morgan fingerprint density at radius 3 is 2.73 bits per heavy atom.